The fourth-order valence-corrected chi connectivity index (χ4v) is 2.64. The van der Waals surface area contributed by atoms with Crippen LogP contribution in [0.3, 0.4) is 0 Å². The molecule has 0 aromatic heterocycles. The maximum Gasteiger partial charge on any atom is 0.255 e. The molecule has 2 aromatic carbocycles. The molecule has 2 aromatic rings. The van der Waals surface area contributed by atoms with Gasteiger partial charge >= 0.3 is 0 Å². The number of halogens is 3. The van der Waals surface area contributed by atoms with Crippen molar-refractivity contribution in [1.29, 1.82) is 0 Å². The topological polar surface area (TPSA) is 20.3 Å². The van der Waals surface area contributed by atoms with Gasteiger partial charge in [0.25, 0.3) is 5.91 Å². The molecule has 0 aliphatic heterocycles. The summed E-state index contributed by atoms with van der Waals surface area (Å²) in [5.41, 5.74) is 1.31. The number of alkyl halides is 1. The van der Waals surface area contributed by atoms with Crippen LogP contribution in [0.15, 0.2) is 53.0 Å². The summed E-state index contributed by atoms with van der Waals surface area (Å²) < 4.78 is 13.8. The minimum atomic E-state index is -0.452. The predicted molar refractivity (Wildman–Crippen MR) is 86.0 cm³/mol. The molecule has 0 aliphatic carbocycles. The highest BCUT2D eigenvalue weighted by molar-refractivity contribution is 9.10. The van der Waals surface area contributed by atoms with Crippen molar-refractivity contribution in [3.63, 3.8) is 0 Å². The monoisotopic (exact) mass is 369 g/mol. The predicted octanol–water partition coefficient (Wildman–Crippen LogP) is 4.47. The lowest BCUT2D eigenvalue weighted by Gasteiger charge is -2.22. The molecule has 1 amide bonds. The Bertz CT molecular complexity index is 621. The summed E-state index contributed by atoms with van der Waals surface area (Å²) in [5.74, 6) is -0.372. The molecule has 0 atom stereocenters. The summed E-state index contributed by atoms with van der Waals surface area (Å²) in [6.45, 7) is 0.841. The van der Waals surface area contributed by atoms with Crippen LogP contribution in [0.4, 0.5) is 4.39 Å². The van der Waals surface area contributed by atoms with Gasteiger partial charge < -0.3 is 4.90 Å². The first-order valence-electron chi connectivity index (χ1n) is 6.46. The van der Waals surface area contributed by atoms with E-state index in [0.717, 1.165) is 5.56 Å². The molecule has 2 nitrogen and oxygen atoms in total. The Balaban J connectivity index is 2.25. The number of carbonyl (C=O) groups is 1. The zero-order valence-electron chi connectivity index (χ0n) is 11.2. The Morgan fingerprint density at radius 2 is 1.86 bits per heavy atom. The normalized spacial score (nSPS) is 10.4. The van der Waals surface area contributed by atoms with Crippen molar-refractivity contribution in [3.05, 3.63) is 69.9 Å². The molecule has 5 heteroatoms. The smallest absolute Gasteiger partial charge is 0.255 e. The molecule has 21 heavy (non-hydrogen) atoms. The highest BCUT2D eigenvalue weighted by Gasteiger charge is 2.19. The molecule has 0 fully saturated rings. The van der Waals surface area contributed by atoms with Crippen LogP contribution in [0.25, 0.3) is 0 Å². The van der Waals surface area contributed by atoms with Gasteiger partial charge in [-0.15, -0.1) is 11.6 Å². The minimum Gasteiger partial charge on any atom is -0.333 e. The van der Waals surface area contributed by atoms with Gasteiger partial charge in [0.2, 0.25) is 0 Å². The van der Waals surface area contributed by atoms with E-state index in [9.17, 15) is 9.18 Å². The van der Waals surface area contributed by atoms with Gasteiger partial charge in [0.15, 0.2) is 0 Å². The lowest BCUT2D eigenvalue weighted by Crippen LogP contribution is -2.32. The quantitative estimate of drug-likeness (QED) is 0.711. The van der Waals surface area contributed by atoms with Crippen LogP contribution in [0.5, 0.6) is 0 Å². The Labute approximate surface area is 136 Å². The Kier molecular flexibility index (Phi) is 5.76. The van der Waals surface area contributed by atoms with Crippen molar-refractivity contribution in [3.8, 4) is 0 Å². The zero-order valence-corrected chi connectivity index (χ0v) is 13.6. The summed E-state index contributed by atoms with van der Waals surface area (Å²) in [4.78, 5) is 14.2. The molecule has 0 N–H and O–H groups in total. The Morgan fingerprint density at radius 3 is 2.52 bits per heavy atom. The van der Waals surface area contributed by atoms with E-state index < -0.39 is 5.82 Å². The Morgan fingerprint density at radius 1 is 1.14 bits per heavy atom. The van der Waals surface area contributed by atoms with Gasteiger partial charge in [-0.3, -0.25) is 4.79 Å². The molecule has 0 bridgehead atoms. The first-order chi connectivity index (χ1) is 10.1. The molecule has 0 radical (unpaired) electrons. The van der Waals surface area contributed by atoms with Gasteiger partial charge in [0, 0.05) is 19.0 Å². The highest BCUT2D eigenvalue weighted by atomic mass is 79.9. The fraction of sp³-hybridized carbons (Fsp3) is 0.188. The van der Waals surface area contributed by atoms with Crippen molar-refractivity contribution in [2.24, 2.45) is 0 Å². The first-order valence-corrected chi connectivity index (χ1v) is 7.79. The molecule has 110 valence electrons. The highest BCUT2D eigenvalue weighted by Crippen LogP contribution is 2.22. The van der Waals surface area contributed by atoms with E-state index in [1.165, 1.54) is 12.1 Å². The summed E-state index contributed by atoms with van der Waals surface area (Å²) in [5, 5.41) is 0. The van der Waals surface area contributed by atoms with Crippen LogP contribution in [0.1, 0.15) is 15.9 Å². The van der Waals surface area contributed by atoms with E-state index in [1.54, 1.807) is 11.0 Å². The number of benzene rings is 2. The van der Waals surface area contributed by atoms with E-state index in [2.05, 4.69) is 15.9 Å². The third kappa shape index (κ3) is 4.05. The first kappa shape index (κ1) is 16.0. The number of amides is 1. The van der Waals surface area contributed by atoms with E-state index >= 15 is 0 Å². The molecule has 2 rings (SSSR count). The van der Waals surface area contributed by atoms with Crippen LogP contribution < -0.4 is 0 Å². The van der Waals surface area contributed by atoms with Gasteiger partial charge in [0.05, 0.1) is 10.0 Å². The summed E-state index contributed by atoms with van der Waals surface area (Å²) in [7, 11) is 0. The van der Waals surface area contributed by atoms with E-state index in [1.807, 2.05) is 30.3 Å². The third-order valence-electron chi connectivity index (χ3n) is 3.04. The number of hydrogen-bond donors (Lipinski definition) is 0. The van der Waals surface area contributed by atoms with Crippen molar-refractivity contribution < 1.29 is 9.18 Å². The van der Waals surface area contributed by atoms with Crippen molar-refractivity contribution >= 4 is 33.4 Å². The lowest BCUT2D eigenvalue weighted by molar-refractivity contribution is 0.0752. The molecule has 0 aliphatic rings. The molecule has 0 spiro atoms. The van der Waals surface area contributed by atoms with E-state index in [0.29, 0.717) is 24.5 Å². The van der Waals surface area contributed by atoms with E-state index in [-0.39, 0.29) is 10.4 Å². The second-order valence-electron chi connectivity index (χ2n) is 4.50. The van der Waals surface area contributed by atoms with Crippen molar-refractivity contribution in [2.45, 2.75) is 6.54 Å². The second kappa shape index (κ2) is 7.57. The van der Waals surface area contributed by atoms with Crippen molar-refractivity contribution in [1.82, 2.24) is 4.90 Å². The van der Waals surface area contributed by atoms with Gasteiger partial charge in [-0.1, -0.05) is 36.4 Å². The number of hydrogen-bond acceptors (Lipinski definition) is 1. The van der Waals surface area contributed by atoms with Gasteiger partial charge in [-0.05, 0) is 33.6 Å². The second-order valence-corrected chi connectivity index (χ2v) is 5.67. The number of carbonyl (C=O) groups excluding carboxylic acids is 1. The van der Waals surface area contributed by atoms with Crippen LogP contribution in [0, 0.1) is 5.82 Å². The summed E-state index contributed by atoms with van der Waals surface area (Å²) >= 11 is 8.92. The Hall–Kier alpha value is -1.39. The minimum absolute atomic E-state index is 0.183. The zero-order chi connectivity index (χ0) is 15.2. The molecule has 0 saturated heterocycles. The molecular weight excluding hydrogens is 357 g/mol. The van der Waals surface area contributed by atoms with Gasteiger partial charge in [-0.25, -0.2) is 4.39 Å². The lowest BCUT2D eigenvalue weighted by atomic mass is 10.1. The average Bonchev–Trinajstić information content (AvgIpc) is 2.50. The van der Waals surface area contributed by atoms with Crippen molar-refractivity contribution in [2.75, 3.05) is 12.4 Å². The van der Waals surface area contributed by atoms with Gasteiger partial charge in [-0.2, -0.15) is 0 Å². The SMILES string of the molecule is O=C(c1cccc(F)c1Br)N(CCCl)Cc1ccccc1. The maximum atomic E-state index is 13.6. The molecule has 0 unspecified atom stereocenters. The average molecular weight is 371 g/mol. The maximum absolute atomic E-state index is 13.6. The van der Waals surface area contributed by atoms with Gasteiger partial charge in [0.1, 0.15) is 5.82 Å². The summed E-state index contributed by atoms with van der Waals surface area (Å²) in [6.07, 6.45) is 0. The molecule has 0 heterocycles. The third-order valence-corrected chi connectivity index (χ3v) is 4.01. The van der Waals surface area contributed by atoms with Crippen LogP contribution in [-0.2, 0) is 6.54 Å². The van der Waals surface area contributed by atoms with Crippen LogP contribution >= 0.6 is 27.5 Å². The molecule has 0 saturated carbocycles. The molecular formula is C16H14BrClFNO. The van der Waals surface area contributed by atoms with E-state index in [4.69, 9.17) is 11.6 Å². The fourth-order valence-electron chi connectivity index (χ4n) is 2.00. The number of rotatable bonds is 5. The van der Waals surface area contributed by atoms with Crippen LogP contribution in [-0.4, -0.2) is 23.2 Å². The largest absolute Gasteiger partial charge is 0.333 e. The van der Waals surface area contributed by atoms with Crippen LogP contribution in [0.2, 0.25) is 0 Å². The summed E-state index contributed by atoms with van der Waals surface area (Å²) in [6, 6.07) is 14.1. The standard InChI is InChI=1S/C16H14BrClFNO/c17-15-13(7-4-8-14(15)19)16(21)20(10-9-18)11-12-5-2-1-3-6-12/h1-8H,9-11H2. The number of nitrogens with zero attached hydrogens (tertiary/aromatic N) is 1.